The van der Waals surface area contributed by atoms with Gasteiger partial charge in [-0.25, -0.2) is 9.59 Å². The van der Waals surface area contributed by atoms with Gasteiger partial charge in [-0.15, -0.1) is 0 Å². The van der Waals surface area contributed by atoms with Gasteiger partial charge in [-0.2, -0.15) is 0 Å². The Labute approximate surface area is 448 Å². The van der Waals surface area contributed by atoms with Crippen LogP contribution < -0.4 is 31.9 Å². The summed E-state index contributed by atoms with van der Waals surface area (Å²) in [5.41, 5.74) is 9.80. The maximum atomic E-state index is 13.7. The second-order valence-electron chi connectivity index (χ2n) is 18.5. The lowest BCUT2D eigenvalue weighted by Crippen LogP contribution is -2.45. The number of primary amides is 1. The van der Waals surface area contributed by atoms with E-state index in [2.05, 4.69) is 33.1 Å². The van der Waals surface area contributed by atoms with Gasteiger partial charge in [0.05, 0.1) is 64.5 Å². The summed E-state index contributed by atoms with van der Waals surface area (Å²) >= 11 is 0. The SMILES string of the molecule is CCNCCN(CC)C(=O)OCc1ccc(NC(=O)[C@H](CCCNC(N)=O)CC(=O)[C@@H](NC(=O)CCOCCOCCOCCOCCCC(=O)CCC(=O)N2Cc3ccccc3C#Cc3ccccc32)C(C)C)cc1. The first-order chi connectivity index (χ1) is 36.8. The zero-order chi connectivity index (χ0) is 54.9. The minimum Gasteiger partial charge on any atom is -0.445 e. The number of carbonyl (C=O) groups excluding carboxylic acids is 7. The number of ether oxygens (including phenoxy) is 5. The fourth-order valence-corrected chi connectivity index (χ4v) is 8.07. The third kappa shape index (κ3) is 23.5. The Bertz CT molecular complexity index is 2370. The third-order valence-corrected chi connectivity index (χ3v) is 12.3. The minimum atomic E-state index is -0.845. The van der Waals surface area contributed by atoms with Crippen LogP contribution in [0.3, 0.4) is 0 Å². The molecular weight excluding hydrogens is 975 g/mol. The van der Waals surface area contributed by atoms with Crippen molar-refractivity contribution in [3.63, 3.8) is 0 Å². The molecule has 0 unspecified atom stereocenters. The number of rotatable bonds is 37. The number of nitrogens with one attached hydrogen (secondary N) is 4. The molecule has 6 amide bonds. The van der Waals surface area contributed by atoms with Crippen LogP contribution in [0.2, 0.25) is 0 Å². The van der Waals surface area contributed by atoms with Crippen molar-refractivity contribution in [2.75, 3.05) is 95.8 Å². The summed E-state index contributed by atoms with van der Waals surface area (Å²) in [6, 6.07) is 20.7. The Hall–Kier alpha value is -6.69. The Morgan fingerprint density at radius 1 is 0.724 bits per heavy atom. The number of nitrogens with two attached hydrogens (primary N) is 1. The number of carbonyl (C=O) groups is 7. The molecule has 3 aromatic rings. The number of fused-ring (bicyclic) bond motifs is 2. The first-order valence-corrected chi connectivity index (χ1v) is 26.5. The number of likely N-dealkylation sites (N-methyl/N-ethyl adjacent to an activating group) is 2. The first-order valence-electron chi connectivity index (χ1n) is 26.5. The van der Waals surface area contributed by atoms with Gasteiger partial charge in [0.2, 0.25) is 17.7 Å². The van der Waals surface area contributed by atoms with Gasteiger partial charge in [-0.3, -0.25) is 24.0 Å². The van der Waals surface area contributed by atoms with E-state index in [4.69, 9.17) is 29.4 Å². The largest absolute Gasteiger partial charge is 0.445 e. The fraction of sp³-hybridized carbons (Fsp3) is 0.526. The standard InChI is InChI=1S/C57H79N7O12/c1-5-59-29-30-63(6-2)57(71)76-41-43-19-23-48(24-20-43)61-55(69)46(16-11-28-60-56(58)70)39-51(66)54(42(3)4)62-52(67)27-32-73-34-36-75-38-37-74-35-33-72-31-12-17-49(65)25-26-53(68)64-40-47-15-8-7-13-44(47)21-22-45-14-9-10-18-50(45)64/h7-10,13-15,18-20,23-24,42,46,54,59H,5-6,11-12,16-17,25-41H2,1-4H3,(H,61,69)(H,62,67)(H3,58,60,70)/t46-,54+/m1/s1. The molecule has 2 atom stereocenters. The van der Waals surface area contributed by atoms with Gasteiger partial charge in [-0.1, -0.05) is 75.1 Å². The van der Waals surface area contributed by atoms with E-state index in [9.17, 15) is 33.6 Å². The number of anilines is 2. The lowest BCUT2D eigenvalue weighted by molar-refractivity contribution is -0.131. The van der Waals surface area contributed by atoms with E-state index in [1.165, 1.54) is 0 Å². The van der Waals surface area contributed by atoms with E-state index >= 15 is 0 Å². The quantitative estimate of drug-likeness (QED) is 0.0335. The molecule has 414 valence electrons. The lowest BCUT2D eigenvalue weighted by atomic mass is 9.89. The van der Waals surface area contributed by atoms with E-state index in [1.807, 2.05) is 76.2 Å². The smallest absolute Gasteiger partial charge is 0.410 e. The number of urea groups is 1. The Balaban J connectivity index is 1.05. The topological polar surface area (TPSA) is 246 Å². The Morgan fingerprint density at radius 2 is 1.37 bits per heavy atom. The molecular formula is C57H79N7O12. The highest BCUT2D eigenvalue weighted by Crippen LogP contribution is 2.27. The zero-order valence-electron chi connectivity index (χ0n) is 44.8. The minimum absolute atomic E-state index is 0.00891. The molecule has 0 saturated carbocycles. The average molecular weight is 1050 g/mol. The molecule has 6 N–H and O–H groups in total. The van der Waals surface area contributed by atoms with Crippen molar-refractivity contribution in [1.29, 1.82) is 0 Å². The highest BCUT2D eigenvalue weighted by Gasteiger charge is 2.30. The maximum absolute atomic E-state index is 13.7. The number of hydrogen-bond acceptors (Lipinski definition) is 13. The fourth-order valence-electron chi connectivity index (χ4n) is 8.07. The van der Waals surface area contributed by atoms with Crippen molar-refractivity contribution in [2.24, 2.45) is 17.6 Å². The van der Waals surface area contributed by atoms with E-state index in [-0.39, 0.29) is 94.4 Å². The van der Waals surface area contributed by atoms with Crippen molar-refractivity contribution in [3.8, 4) is 11.8 Å². The van der Waals surface area contributed by atoms with Gasteiger partial charge < -0.3 is 60.5 Å². The molecule has 0 spiro atoms. The van der Waals surface area contributed by atoms with Crippen LogP contribution in [0, 0.1) is 23.7 Å². The van der Waals surface area contributed by atoms with Crippen LogP contribution in [0.4, 0.5) is 21.0 Å². The molecule has 19 nitrogen and oxygen atoms in total. The normalized spacial score (nSPS) is 12.4. The van der Waals surface area contributed by atoms with Gasteiger partial charge in [0.15, 0.2) is 5.78 Å². The van der Waals surface area contributed by atoms with Gasteiger partial charge in [0, 0.05) is 87.6 Å². The second-order valence-corrected chi connectivity index (χ2v) is 18.5. The molecule has 0 aliphatic carbocycles. The van der Waals surface area contributed by atoms with Crippen molar-refractivity contribution in [2.45, 2.75) is 98.3 Å². The molecule has 3 aromatic carbocycles. The van der Waals surface area contributed by atoms with Crippen LogP contribution >= 0.6 is 0 Å². The molecule has 0 saturated heterocycles. The van der Waals surface area contributed by atoms with Crippen LogP contribution in [-0.4, -0.2) is 138 Å². The second kappa shape index (κ2) is 35.5. The number of benzene rings is 3. The van der Waals surface area contributed by atoms with E-state index in [1.54, 1.807) is 34.1 Å². The molecule has 4 rings (SSSR count). The average Bonchev–Trinajstić information content (AvgIpc) is 3.40. The van der Waals surface area contributed by atoms with Crippen molar-refractivity contribution < 1.29 is 57.2 Å². The van der Waals surface area contributed by atoms with Gasteiger partial charge >= 0.3 is 12.1 Å². The van der Waals surface area contributed by atoms with Crippen LogP contribution in [0.1, 0.15) is 101 Å². The van der Waals surface area contributed by atoms with Crippen LogP contribution in [0.5, 0.6) is 0 Å². The summed E-state index contributed by atoms with van der Waals surface area (Å²) in [7, 11) is 0. The van der Waals surface area contributed by atoms with E-state index in [0.29, 0.717) is 84.2 Å². The van der Waals surface area contributed by atoms with E-state index < -0.39 is 30.0 Å². The molecule has 0 radical (unpaired) electrons. The Kier molecular flexibility index (Phi) is 28.9. The first kappa shape index (κ1) is 61.9. The highest BCUT2D eigenvalue weighted by atomic mass is 16.6. The molecule has 0 aromatic heterocycles. The monoisotopic (exact) mass is 1050 g/mol. The number of amides is 6. The molecule has 1 aliphatic rings. The van der Waals surface area contributed by atoms with Crippen LogP contribution in [0.15, 0.2) is 72.8 Å². The number of hydrogen-bond donors (Lipinski definition) is 5. The van der Waals surface area contributed by atoms with Gasteiger partial charge in [-0.05, 0) is 80.1 Å². The highest BCUT2D eigenvalue weighted by molar-refractivity contribution is 5.98. The summed E-state index contributed by atoms with van der Waals surface area (Å²) in [5, 5.41) is 11.4. The summed E-state index contributed by atoms with van der Waals surface area (Å²) in [6.07, 6.45) is 1.23. The summed E-state index contributed by atoms with van der Waals surface area (Å²) in [4.78, 5) is 93.4. The van der Waals surface area contributed by atoms with Crippen molar-refractivity contribution >= 4 is 52.8 Å². The predicted octanol–water partition coefficient (Wildman–Crippen LogP) is 5.89. The molecule has 1 heterocycles. The van der Waals surface area contributed by atoms with Crippen LogP contribution in [-0.2, 0) is 60.8 Å². The van der Waals surface area contributed by atoms with Gasteiger partial charge in [0.25, 0.3) is 0 Å². The molecule has 0 fully saturated rings. The molecule has 1 aliphatic heterocycles. The van der Waals surface area contributed by atoms with Crippen molar-refractivity contribution in [1.82, 2.24) is 20.9 Å². The summed E-state index contributed by atoms with van der Waals surface area (Å²) in [6.45, 7) is 13.1. The van der Waals surface area contributed by atoms with Crippen LogP contribution in [0.25, 0.3) is 0 Å². The maximum Gasteiger partial charge on any atom is 0.410 e. The molecule has 19 heteroatoms. The molecule has 0 bridgehead atoms. The number of Topliss-reactive ketones (excluding diaryl/α,β-unsaturated/α-hetero) is 2. The number of nitrogens with zero attached hydrogens (tertiary/aromatic N) is 2. The Morgan fingerprint density at radius 3 is 2.04 bits per heavy atom. The van der Waals surface area contributed by atoms with Crippen molar-refractivity contribution in [3.05, 3.63) is 95.1 Å². The number of para-hydroxylation sites is 1. The lowest BCUT2D eigenvalue weighted by Gasteiger charge is -2.26. The summed E-state index contributed by atoms with van der Waals surface area (Å²) < 4.78 is 27.8. The zero-order valence-corrected chi connectivity index (χ0v) is 44.8. The third-order valence-electron chi connectivity index (χ3n) is 12.3. The van der Waals surface area contributed by atoms with Gasteiger partial charge in [0.1, 0.15) is 12.4 Å². The number of ketones is 2. The van der Waals surface area contributed by atoms with E-state index in [0.717, 1.165) is 34.5 Å². The summed E-state index contributed by atoms with van der Waals surface area (Å²) in [5.74, 6) is 4.19. The molecule has 76 heavy (non-hydrogen) atoms. The predicted molar refractivity (Wildman–Crippen MR) is 289 cm³/mol.